The van der Waals surface area contributed by atoms with Crippen LogP contribution in [0.15, 0.2) is 0 Å². The van der Waals surface area contributed by atoms with Gasteiger partial charge in [0, 0.05) is 5.54 Å². The lowest BCUT2D eigenvalue weighted by molar-refractivity contribution is 0.301. The molecule has 0 aromatic carbocycles. The Hall–Kier alpha value is 1.62. The van der Waals surface area contributed by atoms with Crippen molar-refractivity contribution >= 4 is 50.0 Å². The van der Waals surface area contributed by atoms with Gasteiger partial charge in [0.15, 0.2) is 0 Å². The maximum atomic E-state index is 3.58. The number of nitrogens with zero attached hydrogens (tertiary/aromatic N) is 1. The molecule has 0 fully saturated rings. The summed E-state index contributed by atoms with van der Waals surface area (Å²) < 4.78 is 0.639. The Kier molecular flexibility index (Phi) is 4.13. The molecular weight excluding hydrogens is 342 g/mol. The van der Waals surface area contributed by atoms with E-state index in [0.717, 1.165) is 0 Å². The molecule has 0 saturated heterocycles. The summed E-state index contributed by atoms with van der Waals surface area (Å²) in [4.78, 5) is 0. The van der Waals surface area contributed by atoms with Crippen molar-refractivity contribution in [2.45, 2.75) is 26.3 Å². The summed E-state index contributed by atoms with van der Waals surface area (Å²) in [5.74, 6) is 0. The topological polar surface area (TPSA) is 3.24 Å². The molecule has 0 atom stereocenters. The summed E-state index contributed by atoms with van der Waals surface area (Å²) in [7, 11) is 2.09. The molecule has 62 valence electrons. The average molecular weight is 354 g/mol. The maximum absolute atomic E-state index is 3.58. The summed E-state index contributed by atoms with van der Waals surface area (Å²) in [6.07, 6.45) is 0. The quantitative estimate of drug-likeness (QED) is 0.516. The fourth-order valence-corrected chi connectivity index (χ4v) is 5.93. The van der Waals surface area contributed by atoms with Crippen molar-refractivity contribution in [2.75, 3.05) is 7.05 Å². The summed E-state index contributed by atoms with van der Waals surface area (Å²) in [6, 6.07) is 0. The van der Waals surface area contributed by atoms with Gasteiger partial charge in [-0.05, 0) is 27.8 Å². The molecule has 0 unspecified atom stereocenters. The number of hydrogen-bond donors (Lipinski definition) is 0. The van der Waals surface area contributed by atoms with Crippen LogP contribution in [0, 0.1) is 0 Å². The monoisotopic (exact) mass is 351 g/mol. The predicted octanol–water partition coefficient (Wildman–Crippen LogP) is 3.34. The first-order valence-electron chi connectivity index (χ1n) is 2.96. The zero-order chi connectivity index (χ0) is 8.58. The summed E-state index contributed by atoms with van der Waals surface area (Å²) in [6.45, 7) is 6.54. The number of rotatable bonds is 1. The molecule has 0 aliphatic rings. The van der Waals surface area contributed by atoms with Gasteiger partial charge in [-0.25, -0.2) is 0 Å². The van der Waals surface area contributed by atoms with Gasteiger partial charge in [-0.2, -0.15) is 0 Å². The Balaban J connectivity index is 4.23. The molecule has 0 spiro atoms. The van der Waals surface area contributed by atoms with Gasteiger partial charge in [0.05, 0.1) is 0 Å². The van der Waals surface area contributed by atoms with E-state index in [9.17, 15) is 0 Å². The molecule has 0 aromatic rings. The molecule has 1 nitrogen and oxygen atoms in total. The van der Waals surface area contributed by atoms with E-state index >= 15 is 0 Å². The fourth-order valence-electron chi connectivity index (χ4n) is 0.380. The van der Waals surface area contributed by atoms with E-state index in [1.54, 1.807) is 0 Å². The van der Waals surface area contributed by atoms with Crippen LogP contribution in [0.3, 0.4) is 0 Å². The maximum Gasteiger partial charge on any atom is 0.345 e. The minimum absolute atomic E-state index is 0.197. The van der Waals surface area contributed by atoms with Gasteiger partial charge in [-0.15, -0.1) is 0 Å². The molecule has 5 heteroatoms. The SMILES string of the molecule is CN(C(C)(C)C)[Si](Br)(Br)Br. The standard InChI is InChI=1S/C5H12Br3NSi/c1-5(2,3)9(4)10(6,7)8/h1-4H3. The van der Waals surface area contributed by atoms with Gasteiger partial charge >= 0.3 is 4.09 Å². The lowest BCUT2D eigenvalue weighted by Crippen LogP contribution is -2.48. The Labute approximate surface area is 87.4 Å². The van der Waals surface area contributed by atoms with E-state index in [-0.39, 0.29) is 5.54 Å². The highest BCUT2D eigenvalue weighted by Gasteiger charge is 2.35. The molecule has 0 N–H and O–H groups in total. The fraction of sp³-hybridized carbons (Fsp3) is 1.00. The third kappa shape index (κ3) is 3.85. The second kappa shape index (κ2) is 3.56. The zero-order valence-electron chi connectivity index (χ0n) is 6.58. The molecule has 10 heavy (non-hydrogen) atoms. The van der Waals surface area contributed by atoms with E-state index in [1.165, 1.54) is 0 Å². The van der Waals surface area contributed by atoms with Crippen molar-refractivity contribution in [2.24, 2.45) is 0 Å². The number of halogens is 3. The molecule has 0 bridgehead atoms. The average Bonchev–Trinajstić information content (AvgIpc) is 1.59. The molecule has 0 amide bonds. The predicted molar refractivity (Wildman–Crippen MR) is 60.1 cm³/mol. The first-order chi connectivity index (χ1) is 4.15. The smallest absolute Gasteiger partial charge is 0.296 e. The van der Waals surface area contributed by atoms with E-state index < -0.39 is 4.09 Å². The zero-order valence-corrected chi connectivity index (χ0v) is 12.3. The van der Waals surface area contributed by atoms with Gasteiger partial charge in [-0.1, -0.05) is 45.9 Å². The van der Waals surface area contributed by atoms with Crippen molar-refractivity contribution in [3.05, 3.63) is 0 Å². The van der Waals surface area contributed by atoms with E-state index in [2.05, 4.69) is 78.3 Å². The van der Waals surface area contributed by atoms with Crippen molar-refractivity contribution in [3.8, 4) is 0 Å². The van der Waals surface area contributed by atoms with Crippen LogP contribution >= 0.6 is 45.9 Å². The van der Waals surface area contributed by atoms with Crippen LogP contribution in [-0.4, -0.2) is 21.2 Å². The van der Waals surface area contributed by atoms with Crippen molar-refractivity contribution in [3.63, 3.8) is 0 Å². The van der Waals surface area contributed by atoms with Crippen LogP contribution in [0.4, 0.5) is 0 Å². The molecule has 0 heterocycles. The third-order valence-corrected chi connectivity index (χ3v) is 7.61. The minimum atomic E-state index is -1.63. The van der Waals surface area contributed by atoms with Crippen LogP contribution in [0.25, 0.3) is 0 Å². The van der Waals surface area contributed by atoms with Gasteiger partial charge in [-0.3, -0.25) is 4.57 Å². The van der Waals surface area contributed by atoms with E-state index in [1.807, 2.05) is 0 Å². The third-order valence-electron chi connectivity index (χ3n) is 1.39. The van der Waals surface area contributed by atoms with Crippen molar-refractivity contribution in [1.82, 2.24) is 4.57 Å². The molecular formula is C5H12Br3NSi. The Morgan fingerprint density at radius 1 is 1.10 bits per heavy atom. The Morgan fingerprint density at radius 2 is 1.40 bits per heavy atom. The summed E-state index contributed by atoms with van der Waals surface area (Å²) in [5, 5.41) is 0. The van der Waals surface area contributed by atoms with Crippen LogP contribution in [0.2, 0.25) is 0 Å². The molecule has 0 aromatic heterocycles. The molecule has 0 rings (SSSR count). The van der Waals surface area contributed by atoms with E-state index in [0.29, 0.717) is 0 Å². The van der Waals surface area contributed by atoms with Crippen LogP contribution < -0.4 is 0 Å². The second-order valence-electron chi connectivity index (χ2n) is 3.20. The van der Waals surface area contributed by atoms with Gasteiger partial charge in [0.1, 0.15) is 0 Å². The second-order valence-corrected chi connectivity index (χ2v) is 24.7. The number of hydrogen-bond acceptors (Lipinski definition) is 1. The van der Waals surface area contributed by atoms with Crippen LogP contribution in [-0.2, 0) is 0 Å². The van der Waals surface area contributed by atoms with Crippen LogP contribution in [0.5, 0.6) is 0 Å². The molecule has 0 saturated carbocycles. The largest absolute Gasteiger partial charge is 0.345 e. The molecule has 0 radical (unpaired) electrons. The lowest BCUT2D eigenvalue weighted by atomic mass is 10.1. The highest BCUT2D eigenvalue weighted by Crippen LogP contribution is 2.34. The van der Waals surface area contributed by atoms with Crippen molar-refractivity contribution < 1.29 is 0 Å². The van der Waals surface area contributed by atoms with Gasteiger partial charge in [0.25, 0.3) is 0 Å². The highest BCUT2D eigenvalue weighted by molar-refractivity contribution is 9.71. The van der Waals surface area contributed by atoms with Crippen molar-refractivity contribution in [1.29, 1.82) is 0 Å². The molecule has 0 aliphatic carbocycles. The Morgan fingerprint density at radius 3 is 1.40 bits per heavy atom. The lowest BCUT2D eigenvalue weighted by Gasteiger charge is -2.36. The first-order valence-corrected chi connectivity index (χ1v) is 11.7. The summed E-state index contributed by atoms with van der Waals surface area (Å²) >= 11 is 10.7. The minimum Gasteiger partial charge on any atom is -0.296 e. The van der Waals surface area contributed by atoms with Crippen LogP contribution in [0.1, 0.15) is 20.8 Å². The highest BCUT2D eigenvalue weighted by atomic mass is 80.0. The normalized spacial score (nSPS) is 14.4. The Bertz CT molecular complexity index is 101. The molecule has 0 aliphatic heterocycles. The van der Waals surface area contributed by atoms with E-state index in [4.69, 9.17) is 0 Å². The van der Waals surface area contributed by atoms with Gasteiger partial charge in [0.2, 0.25) is 0 Å². The summed E-state index contributed by atoms with van der Waals surface area (Å²) in [5.41, 5.74) is 0.197. The van der Waals surface area contributed by atoms with Gasteiger partial charge < -0.3 is 0 Å². The first kappa shape index (κ1) is 11.6.